The minimum absolute atomic E-state index is 0.389. The molecule has 0 radical (unpaired) electrons. The highest BCUT2D eigenvalue weighted by molar-refractivity contribution is 5.19. The smallest absolute Gasteiger partial charge is 0.0345 e. The SMILES string of the molecule is CC(C)C(NC1CCCC(N)C1)c1ccccc1. The van der Waals surface area contributed by atoms with Crippen LogP contribution in [0.1, 0.15) is 51.1 Å². The van der Waals surface area contributed by atoms with Gasteiger partial charge >= 0.3 is 0 Å². The summed E-state index contributed by atoms with van der Waals surface area (Å²) >= 11 is 0. The molecule has 2 nitrogen and oxygen atoms in total. The van der Waals surface area contributed by atoms with Crippen molar-refractivity contribution in [2.45, 2.75) is 57.7 Å². The van der Waals surface area contributed by atoms with Gasteiger partial charge in [0.1, 0.15) is 0 Å². The third-order valence-electron chi connectivity index (χ3n) is 3.96. The fourth-order valence-electron chi connectivity index (χ4n) is 2.97. The molecule has 2 rings (SSSR count). The van der Waals surface area contributed by atoms with E-state index in [2.05, 4.69) is 49.5 Å². The second-order valence-corrected chi connectivity index (χ2v) is 5.92. The highest BCUT2D eigenvalue weighted by atomic mass is 15.0. The predicted octanol–water partition coefficient (Wildman–Crippen LogP) is 3.24. The summed E-state index contributed by atoms with van der Waals surface area (Å²) < 4.78 is 0. The molecule has 0 spiro atoms. The maximum absolute atomic E-state index is 6.08. The maximum Gasteiger partial charge on any atom is 0.0345 e. The van der Waals surface area contributed by atoms with Gasteiger partial charge in [0.15, 0.2) is 0 Å². The standard InChI is InChI=1S/C16H26N2/c1-12(2)16(13-7-4-3-5-8-13)18-15-10-6-9-14(17)11-15/h3-5,7-8,12,14-16,18H,6,9-11,17H2,1-2H3. The fourth-order valence-corrected chi connectivity index (χ4v) is 2.97. The molecule has 0 saturated heterocycles. The molecule has 2 heteroatoms. The monoisotopic (exact) mass is 246 g/mol. The predicted molar refractivity (Wildman–Crippen MR) is 77.4 cm³/mol. The van der Waals surface area contributed by atoms with E-state index < -0.39 is 0 Å². The molecule has 1 aliphatic carbocycles. The Bertz CT molecular complexity index is 347. The number of hydrogen-bond donors (Lipinski definition) is 2. The molecular formula is C16H26N2. The van der Waals surface area contributed by atoms with E-state index in [4.69, 9.17) is 5.73 Å². The molecular weight excluding hydrogens is 220 g/mol. The molecule has 1 aromatic rings. The van der Waals surface area contributed by atoms with Gasteiger partial charge in [0, 0.05) is 18.1 Å². The fraction of sp³-hybridized carbons (Fsp3) is 0.625. The lowest BCUT2D eigenvalue weighted by atomic mass is 9.88. The zero-order valence-electron chi connectivity index (χ0n) is 11.6. The molecule has 1 aliphatic rings. The highest BCUT2D eigenvalue weighted by Crippen LogP contribution is 2.25. The number of nitrogens with one attached hydrogen (secondary N) is 1. The van der Waals surface area contributed by atoms with Gasteiger partial charge in [0.05, 0.1) is 0 Å². The van der Waals surface area contributed by atoms with Gasteiger partial charge in [-0.1, -0.05) is 50.6 Å². The summed E-state index contributed by atoms with van der Waals surface area (Å²) in [5.74, 6) is 0.602. The van der Waals surface area contributed by atoms with Crippen molar-refractivity contribution < 1.29 is 0 Å². The average molecular weight is 246 g/mol. The summed E-state index contributed by atoms with van der Waals surface area (Å²) in [6.07, 6.45) is 4.84. The quantitative estimate of drug-likeness (QED) is 0.856. The van der Waals surface area contributed by atoms with Crippen LogP contribution in [0.15, 0.2) is 30.3 Å². The number of nitrogens with two attached hydrogens (primary N) is 1. The van der Waals surface area contributed by atoms with E-state index in [0.29, 0.717) is 24.0 Å². The summed E-state index contributed by atoms with van der Waals surface area (Å²) in [5.41, 5.74) is 7.47. The van der Waals surface area contributed by atoms with E-state index in [1.807, 2.05) is 0 Å². The van der Waals surface area contributed by atoms with E-state index in [0.717, 1.165) is 6.42 Å². The Morgan fingerprint density at radius 1 is 1.17 bits per heavy atom. The summed E-state index contributed by atoms with van der Waals surface area (Å²) in [6, 6.07) is 12.2. The number of hydrogen-bond acceptors (Lipinski definition) is 2. The lowest BCUT2D eigenvalue weighted by molar-refractivity contribution is 0.283. The van der Waals surface area contributed by atoms with E-state index >= 15 is 0 Å². The topological polar surface area (TPSA) is 38.0 Å². The van der Waals surface area contributed by atoms with Crippen molar-refractivity contribution in [3.63, 3.8) is 0 Å². The minimum Gasteiger partial charge on any atom is -0.328 e. The molecule has 3 atom stereocenters. The molecule has 0 bridgehead atoms. The van der Waals surface area contributed by atoms with Gasteiger partial charge in [-0.25, -0.2) is 0 Å². The summed E-state index contributed by atoms with van der Waals surface area (Å²) in [5, 5.41) is 3.82. The highest BCUT2D eigenvalue weighted by Gasteiger charge is 2.24. The molecule has 18 heavy (non-hydrogen) atoms. The largest absolute Gasteiger partial charge is 0.328 e. The van der Waals surface area contributed by atoms with Crippen LogP contribution in [0.2, 0.25) is 0 Å². The molecule has 1 fully saturated rings. The van der Waals surface area contributed by atoms with Gasteiger partial charge in [-0.05, 0) is 30.7 Å². The third-order valence-corrected chi connectivity index (χ3v) is 3.96. The maximum atomic E-state index is 6.08. The molecule has 100 valence electrons. The molecule has 3 unspecified atom stereocenters. The van der Waals surface area contributed by atoms with Crippen molar-refractivity contribution in [2.75, 3.05) is 0 Å². The Hall–Kier alpha value is -0.860. The van der Waals surface area contributed by atoms with Gasteiger partial charge in [-0.15, -0.1) is 0 Å². The molecule has 3 N–H and O–H groups in total. The van der Waals surface area contributed by atoms with E-state index in [1.165, 1.54) is 24.8 Å². The molecule has 1 aromatic carbocycles. The Morgan fingerprint density at radius 3 is 2.50 bits per heavy atom. The van der Waals surface area contributed by atoms with Crippen LogP contribution in [0, 0.1) is 5.92 Å². The number of benzene rings is 1. The van der Waals surface area contributed by atoms with Crippen molar-refractivity contribution in [3.8, 4) is 0 Å². The first-order valence-electron chi connectivity index (χ1n) is 7.23. The van der Waals surface area contributed by atoms with Gasteiger partial charge in [-0.3, -0.25) is 0 Å². The van der Waals surface area contributed by atoms with Crippen LogP contribution in [0.4, 0.5) is 0 Å². The Kier molecular flexibility index (Phi) is 4.79. The van der Waals surface area contributed by atoms with Crippen molar-refractivity contribution in [3.05, 3.63) is 35.9 Å². The van der Waals surface area contributed by atoms with Crippen molar-refractivity contribution in [1.29, 1.82) is 0 Å². The van der Waals surface area contributed by atoms with E-state index in [-0.39, 0.29) is 0 Å². The summed E-state index contributed by atoms with van der Waals surface area (Å²) in [6.45, 7) is 4.57. The normalized spacial score (nSPS) is 26.2. The first kappa shape index (κ1) is 13.6. The molecule has 0 aromatic heterocycles. The third kappa shape index (κ3) is 3.56. The van der Waals surface area contributed by atoms with Crippen molar-refractivity contribution >= 4 is 0 Å². The number of rotatable bonds is 4. The van der Waals surface area contributed by atoms with Crippen LogP contribution in [-0.2, 0) is 0 Å². The molecule has 1 saturated carbocycles. The van der Waals surface area contributed by atoms with Crippen molar-refractivity contribution in [1.82, 2.24) is 5.32 Å². The van der Waals surface area contributed by atoms with Crippen LogP contribution in [-0.4, -0.2) is 12.1 Å². The summed E-state index contributed by atoms with van der Waals surface area (Å²) in [7, 11) is 0. The van der Waals surface area contributed by atoms with Crippen LogP contribution in [0.5, 0.6) is 0 Å². The second-order valence-electron chi connectivity index (χ2n) is 5.92. The lowest BCUT2D eigenvalue weighted by Gasteiger charge is -2.33. The van der Waals surface area contributed by atoms with E-state index in [1.54, 1.807) is 0 Å². The first-order valence-corrected chi connectivity index (χ1v) is 7.23. The van der Waals surface area contributed by atoms with Gasteiger partial charge in [0.25, 0.3) is 0 Å². The average Bonchev–Trinajstić information content (AvgIpc) is 2.37. The molecule has 0 heterocycles. The van der Waals surface area contributed by atoms with Gasteiger partial charge < -0.3 is 11.1 Å². The van der Waals surface area contributed by atoms with Crippen LogP contribution < -0.4 is 11.1 Å². The van der Waals surface area contributed by atoms with Crippen LogP contribution >= 0.6 is 0 Å². The Labute approximate surface area is 111 Å². The van der Waals surface area contributed by atoms with Crippen molar-refractivity contribution in [2.24, 2.45) is 11.7 Å². The lowest BCUT2D eigenvalue weighted by Crippen LogP contribution is -2.42. The zero-order valence-corrected chi connectivity index (χ0v) is 11.6. The molecule has 0 aliphatic heterocycles. The van der Waals surface area contributed by atoms with Crippen LogP contribution in [0.3, 0.4) is 0 Å². The summed E-state index contributed by atoms with van der Waals surface area (Å²) in [4.78, 5) is 0. The van der Waals surface area contributed by atoms with E-state index in [9.17, 15) is 0 Å². The van der Waals surface area contributed by atoms with Gasteiger partial charge in [-0.2, -0.15) is 0 Å². The zero-order chi connectivity index (χ0) is 13.0. The first-order chi connectivity index (χ1) is 8.66. The second kappa shape index (κ2) is 6.35. The minimum atomic E-state index is 0.389. The van der Waals surface area contributed by atoms with Crippen LogP contribution in [0.25, 0.3) is 0 Å². The molecule has 0 amide bonds. The Morgan fingerprint density at radius 2 is 1.89 bits per heavy atom. The Balaban J connectivity index is 2.03. The van der Waals surface area contributed by atoms with Gasteiger partial charge in [0.2, 0.25) is 0 Å².